The van der Waals surface area contributed by atoms with Crippen molar-refractivity contribution in [1.82, 2.24) is 0 Å². The van der Waals surface area contributed by atoms with Gasteiger partial charge in [-0.3, -0.25) is 0 Å². The van der Waals surface area contributed by atoms with Crippen molar-refractivity contribution < 1.29 is 4.74 Å². The fourth-order valence-electron chi connectivity index (χ4n) is 1.28. The van der Waals surface area contributed by atoms with Gasteiger partial charge in [0.2, 0.25) is 0 Å². The normalized spacial score (nSPS) is 10.3. The summed E-state index contributed by atoms with van der Waals surface area (Å²) in [6, 6.07) is 10.5. The summed E-state index contributed by atoms with van der Waals surface area (Å²) in [6.07, 6.45) is 0. The lowest BCUT2D eigenvalue weighted by Gasteiger charge is -2.09. The first kappa shape index (κ1) is 12.6. The average Bonchev–Trinajstić information content (AvgIpc) is 2.27. The standard InChI is InChI=1S/C12H8BrCl2NO/c13-7-1-4-12(11(16)5-7)17-8-2-3-9(14)10(15)6-8/h1-6H,16H2. The smallest absolute Gasteiger partial charge is 0.150 e. The van der Waals surface area contributed by atoms with E-state index in [9.17, 15) is 0 Å². The lowest BCUT2D eigenvalue weighted by atomic mass is 10.3. The van der Waals surface area contributed by atoms with Gasteiger partial charge in [-0.2, -0.15) is 0 Å². The van der Waals surface area contributed by atoms with Crippen molar-refractivity contribution in [2.24, 2.45) is 0 Å². The maximum Gasteiger partial charge on any atom is 0.150 e. The predicted octanol–water partition coefficient (Wildman–Crippen LogP) is 5.13. The van der Waals surface area contributed by atoms with Gasteiger partial charge < -0.3 is 10.5 Å². The quantitative estimate of drug-likeness (QED) is 0.773. The molecule has 0 atom stereocenters. The monoisotopic (exact) mass is 331 g/mol. The third-order valence-electron chi connectivity index (χ3n) is 2.09. The van der Waals surface area contributed by atoms with Crippen LogP contribution >= 0.6 is 39.1 Å². The molecule has 0 saturated heterocycles. The third kappa shape index (κ3) is 3.06. The molecule has 0 saturated carbocycles. The van der Waals surface area contributed by atoms with E-state index in [2.05, 4.69) is 15.9 Å². The van der Waals surface area contributed by atoms with Crippen LogP contribution in [0.15, 0.2) is 40.9 Å². The number of halogens is 3. The Kier molecular flexibility index (Phi) is 3.82. The summed E-state index contributed by atoms with van der Waals surface area (Å²) in [7, 11) is 0. The van der Waals surface area contributed by atoms with E-state index in [1.165, 1.54) is 0 Å². The Morgan fingerprint density at radius 1 is 1.00 bits per heavy atom. The van der Waals surface area contributed by atoms with Crippen LogP contribution in [0.2, 0.25) is 10.0 Å². The molecule has 2 nitrogen and oxygen atoms in total. The molecule has 0 bridgehead atoms. The zero-order chi connectivity index (χ0) is 12.4. The van der Waals surface area contributed by atoms with Gasteiger partial charge in [0, 0.05) is 10.5 Å². The van der Waals surface area contributed by atoms with Crippen molar-refractivity contribution in [2.75, 3.05) is 5.73 Å². The minimum absolute atomic E-state index is 0.444. The number of anilines is 1. The maximum atomic E-state index is 5.89. The molecule has 88 valence electrons. The highest BCUT2D eigenvalue weighted by Crippen LogP contribution is 2.33. The van der Waals surface area contributed by atoms with Gasteiger partial charge in [0.15, 0.2) is 0 Å². The highest BCUT2D eigenvalue weighted by Gasteiger charge is 2.05. The van der Waals surface area contributed by atoms with E-state index in [1.54, 1.807) is 30.3 Å². The molecular formula is C12H8BrCl2NO. The van der Waals surface area contributed by atoms with Crippen molar-refractivity contribution in [3.05, 3.63) is 50.9 Å². The molecule has 0 aliphatic carbocycles. The average molecular weight is 333 g/mol. The fourth-order valence-corrected chi connectivity index (χ4v) is 1.95. The Bertz CT molecular complexity index is 560. The van der Waals surface area contributed by atoms with Crippen molar-refractivity contribution in [3.8, 4) is 11.5 Å². The van der Waals surface area contributed by atoms with Crippen molar-refractivity contribution in [2.45, 2.75) is 0 Å². The molecule has 0 spiro atoms. The van der Waals surface area contributed by atoms with Crippen LogP contribution in [0.25, 0.3) is 0 Å². The number of hydrogen-bond donors (Lipinski definition) is 1. The van der Waals surface area contributed by atoms with E-state index in [-0.39, 0.29) is 0 Å². The zero-order valence-electron chi connectivity index (χ0n) is 8.58. The summed E-state index contributed by atoms with van der Waals surface area (Å²) < 4.78 is 6.51. The van der Waals surface area contributed by atoms with E-state index >= 15 is 0 Å². The van der Waals surface area contributed by atoms with E-state index in [0.717, 1.165) is 4.47 Å². The Morgan fingerprint density at radius 2 is 1.76 bits per heavy atom. The van der Waals surface area contributed by atoms with Crippen LogP contribution in [0.4, 0.5) is 5.69 Å². The molecule has 0 aromatic heterocycles. The van der Waals surface area contributed by atoms with Crippen LogP contribution in [-0.2, 0) is 0 Å². The highest BCUT2D eigenvalue weighted by atomic mass is 79.9. The molecule has 2 aromatic rings. The van der Waals surface area contributed by atoms with Crippen LogP contribution in [0.1, 0.15) is 0 Å². The van der Waals surface area contributed by atoms with Gasteiger partial charge in [-0.15, -0.1) is 0 Å². The van der Waals surface area contributed by atoms with E-state index < -0.39 is 0 Å². The van der Waals surface area contributed by atoms with Crippen LogP contribution in [0, 0.1) is 0 Å². The van der Waals surface area contributed by atoms with Crippen LogP contribution in [0.3, 0.4) is 0 Å². The van der Waals surface area contributed by atoms with Gasteiger partial charge in [-0.05, 0) is 30.3 Å². The second kappa shape index (κ2) is 5.17. The summed E-state index contributed by atoms with van der Waals surface area (Å²) in [6.45, 7) is 0. The van der Waals surface area contributed by atoms with Gasteiger partial charge in [-0.1, -0.05) is 39.1 Å². The van der Waals surface area contributed by atoms with Crippen molar-refractivity contribution in [1.29, 1.82) is 0 Å². The van der Waals surface area contributed by atoms with Crippen molar-refractivity contribution in [3.63, 3.8) is 0 Å². The van der Waals surface area contributed by atoms with Gasteiger partial charge >= 0.3 is 0 Å². The fraction of sp³-hybridized carbons (Fsp3) is 0. The molecule has 2 N–H and O–H groups in total. The Hall–Kier alpha value is -0.900. The van der Waals surface area contributed by atoms with Crippen molar-refractivity contribution >= 4 is 44.8 Å². The Labute approximate surface area is 117 Å². The number of ether oxygens (including phenoxy) is 1. The Morgan fingerprint density at radius 3 is 2.41 bits per heavy atom. The van der Waals surface area contributed by atoms with Gasteiger partial charge in [-0.25, -0.2) is 0 Å². The summed E-state index contributed by atoms with van der Waals surface area (Å²) in [5.41, 5.74) is 6.37. The molecule has 5 heteroatoms. The third-order valence-corrected chi connectivity index (χ3v) is 3.32. The molecule has 0 unspecified atom stereocenters. The zero-order valence-corrected chi connectivity index (χ0v) is 11.7. The van der Waals surface area contributed by atoms with Gasteiger partial charge in [0.1, 0.15) is 11.5 Å². The van der Waals surface area contributed by atoms with E-state index in [4.69, 9.17) is 33.7 Å². The minimum Gasteiger partial charge on any atom is -0.455 e. The molecule has 0 radical (unpaired) electrons. The van der Waals surface area contributed by atoms with E-state index in [0.29, 0.717) is 27.2 Å². The molecule has 0 aliphatic rings. The minimum atomic E-state index is 0.444. The first-order valence-corrected chi connectivity index (χ1v) is 6.29. The molecule has 0 fully saturated rings. The molecule has 0 aliphatic heterocycles. The van der Waals surface area contributed by atoms with Crippen LogP contribution in [-0.4, -0.2) is 0 Å². The number of nitrogen functional groups attached to an aromatic ring is 1. The lowest BCUT2D eigenvalue weighted by Crippen LogP contribution is -1.91. The molecule has 2 rings (SSSR count). The number of rotatable bonds is 2. The summed E-state index contributed by atoms with van der Waals surface area (Å²) >= 11 is 15.0. The topological polar surface area (TPSA) is 35.2 Å². The summed E-state index contributed by atoms with van der Waals surface area (Å²) in [5, 5.41) is 0.933. The molecule has 2 aromatic carbocycles. The Balaban J connectivity index is 2.28. The first-order valence-electron chi connectivity index (χ1n) is 4.74. The maximum absolute atomic E-state index is 5.89. The second-order valence-corrected chi connectivity index (χ2v) is 5.09. The van der Waals surface area contributed by atoms with E-state index in [1.807, 2.05) is 6.07 Å². The number of hydrogen-bond acceptors (Lipinski definition) is 2. The number of nitrogens with two attached hydrogens (primary N) is 1. The summed E-state index contributed by atoms with van der Waals surface area (Å²) in [5.74, 6) is 1.17. The summed E-state index contributed by atoms with van der Waals surface area (Å²) in [4.78, 5) is 0. The number of benzene rings is 2. The largest absolute Gasteiger partial charge is 0.455 e. The lowest BCUT2D eigenvalue weighted by molar-refractivity contribution is 0.485. The molecule has 0 heterocycles. The first-order chi connectivity index (χ1) is 8.06. The second-order valence-electron chi connectivity index (χ2n) is 3.36. The molecular weight excluding hydrogens is 325 g/mol. The van der Waals surface area contributed by atoms with Gasteiger partial charge in [0.25, 0.3) is 0 Å². The van der Waals surface area contributed by atoms with Crippen LogP contribution in [0.5, 0.6) is 11.5 Å². The van der Waals surface area contributed by atoms with Crippen LogP contribution < -0.4 is 10.5 Å². The highest BCUT2D eigenvalue weighted by molar-refractivity contribution is 9.10. The molecule has 17 heavy (non-hydrogen) atoms. The molecule has 0 amide bonds. The van der Waals surface area contributed by atoms with Gasteiger partial charge in [0.05, 0.1) is 15.7 Å². The SMILES string of the molecule is Nc1cc(Br)ccc1Oc1ccc(Cl)c(Cl)c1. The predicted molar refractivity (Wildman–Crippen MR) is 75.1 cm³/mol.